The lowest BCUT2D eigenvalue weighted by Crippen LogP contribution is -2.38. The van der Waals surface area contributed by atoms with Crippen LogP contribution in [-0.4, -0.2) is 53.8 Å². The predicted molar refractivity (Wildman–Crippen MR) is 129 cm³/mol. The molecule has 0 saturated carbocycles. The molecule has 0 radical (unpaired) electrons. The molecule has 180 valence electrons. The minimum Gasteiger partial charge on any atom is -0.444 e. The molecule has 1 N–H and O–H groups in total. The first-order valence-corrected chi connectivity index (χ1v) is 11.6. The summed E-state index contributed by atoms with van der Waals surface area (Å²) in [4.78, 5) is 30.4. The number of rotatable bonds is 13. The first-order chi connectivity index (χ1) is 15.8. The van der Waals surface area contributed by atoms with E-state index < -0.39 is 5.60 Å². The Balaban J connectivity index is 1.62. The molecule has 0 aliphatic carbocycles. The van der Waals surface area contributed by atoms with Gasteiger partial charge < -0.3 is 19.7 Å². The summed E-state index contributed by atoms with van der Waals surface area (Å²) in [7, 11) is 0. The molecule has 1 aromatic heterocycles. The number of aromatic nitrogens is 1. The van der Waals surface area contributed by atoms with Gasteiger partial charge >= 0.3 is 6.09 Å². The van der Waals surface area contributed by atoms with Gasteiger partial charge in [0, 0.05) is 38.5 Å². The molecule has 1 heterocycles. The Hall–Kier alpha value is -2.93. The van der Waals surface area contributed by atoms with Crippen LogP contribution in [0.4, 0.5) is 4.79 Å². The van der Waals surface area contributed by atoms with Crippen LogP contribution in [-0.2, 0) is 27.2 Å². The van der Waals surface area contributed by atoms with E-state index in [9.17, 15) is 9.59 Å². The molecule has 2 amide bonds. The number of ether oxygens (including phenoxy) is 2. The largest absolute Gasteiger partial charge is 0.444 e. The van der Waals surface area contributed by atoms with Gasteiger partial charge in [0.25, 0.3) is 0 Å². The van der Waals surface area contributed by atoms with Gasteiger partial charge in [0.1, 0.15) is 5.60 Å². The number of nitrogens with zero attached hydrogens (tertiary/aromatic N) is 2. The summed E-state index contributed by atoms with van der Waals surface area (Å²) < 4.78 is 11.2. The van der Waals surface area contributed by atoms with Gasteiger partial charge in [-0.15, -0.1) is 0 Å². The van der Waals surface area contributed by atoms with E-state index in [0.717, 1.165) is 12.0 Å². The molecule has 2 rings (SSSR count). The maximum Gasteiger partial charge on any atom is 0.410 e. The molecule has 7 nitrogen and oxygen atoms in total. The topological polar surface area (TPSA) is 80.8 Å². The number of carbonyl (C=O) groups excluding carboxylic acids is 2. The van der Waals surface area contributed by atoms with E-state index in [1.165, 1.54) is 5.56 Å². The molecule has 33 heavy (non-hydrogen) atoms. The van der Waals surface area contributed by atoms with E-state index in [2.05, 4.69) is 22.4 Å². The fourth-order valence-corrected chi connectivity index (χ4v) is 3.13. The number of pyridine rings is 1. The van der Waals surface area contributed by atoms with E-state index in [1.807, 2.05) is 51.1 Å². The van der Waals surface area contributed by atoms with Gasteiger partial charge in [0.2, 0.25) is 5.91 Å². The number of benzene rings is 1. The molecule has 0 fully saturated rings. The third kappa shape index (κ3) is 12.0. The highest BCUT2D eigenvalue weighted by Crippen LogP contribution is 2.13. The summed E-state index contributed by atoms with van der Waals surface area (Å²) in [6, 6.07) is 14.0. The second kappa shape index (κ2) is 14.3. The fraction of sp³-hybridized carbons (Fsp3) is 0.500. The van der Waals surface area contributed by atoms with E-state index in [4.69, 9.17) is 9.47 Å². The van der Waals surface area contributed by atoms with Crippen LogP contribution < -0.4 is 5.32 Å². The first-order valence-electron chi connectivity index (χ1n) is 11.6. The Labute approximate surface area is 197 Å². The Morgan fingerprint density at radius 1 is 1.00 bits per heavy atom. The van der Waals surface area contributed by atoms with E-state index >= 15 is 0 Å². The second-order valence-corrected chi connectivity index (χ2v) is 8.92. The molecule has 0 atom stereocenters. The van der Waals surface area contributed by atoms with Crippen LogP contribution in [0.5, 0.6) is 0 Å². The van der Waals surface area contributed by atoms with Gasteiger partial charge in [-0.25, -0.2) is 4.79 Å². The van der Waals surface area contributed by atoms with E-state index in [0.29, 0.717) is 52.1 Å². The smallest absolute Gasteiger partial charge is 0.410 e. The van der Waals surface area contributed by atoms with Crippen LogP contribution in [0.1, 0.15) is 51.2 Å². The highest BCUT2D eigenvalue weighted by Gasteiger charge is 2.22. The lowest BCUT2D eigenvalue weighted by molar-refractivity contribution is -0.121. The monoisotopic (exact) mass is 455 g/mol. The van der Waals surface area contributed by atoms with Crippen molar-refractivity contribution in [2.45, 2.75) is 58.6 Å². The number of hydrogen-bond donors (Lipinski definition) is 1. The number of hydrogen-bond acceptors (Lipinski definition) is 5. The van der Waals surface area contributed by atoms with Crippen molar-refractivity contribution in [2.75, 3.05) is 26.3 Å². The molecule has 7 heteroatoms. The number of amides is 2. The Kier molecular flexibility index (Phi) is 11.4. The van der Waals surface area contributed by atoms with Gasteiger partial charge in [-0.3, -0.25) is 9.78 Å². The number of carbonyl (C=O) groups is 2. The average molecular weight is 456 g/mol. The van der Waals surface area contributed by atoms with Crippen molar-refractivity contribution < 1.29 is 19.1 Å². The molecular formula is C26H37N3O4. The average Bonchev–Trinajstić information content (AvgIpc) is 2.78. The molecule has 0 aliphatic rings. The quantitative estimate of drug-likeness (QED) is 0.454. The van der Waals surface area contributed by atoms with Crippen molar-refractivity contribution in [2.24, 2.45) is 0 Å². The Morgan fingerprint density at radius 3 is 2.45 bits per heavy atom. The first kappa shape index (κ1) is 26.3. The van der Waals surface area contributed by atoms with Crippen LogP contribution in [0.25, 0.3) is 0 Å². The van der Waals surface area contributed by atoms with Crippen LogP contribution in [0, 0.1) is 0 Å². The molecule has 2 aromatic rings. The summed E-state index contributed by atoms with van der Waals surface area (Å²) in [5, 5.41) is 2.92. The van der Waals surface area contributed by atoms with Crippen molar-refractivity contribution in [3.8, 4) is 0 Å². The number of nitrogens with one attached hydrogen (secondary N) is 1. The van der Waals surface area contributed by atoms with Gasteiger partial charge in [-0.2, -0.15) is 0 Å². The standard InChI is InChI=1S/C26H37N3O4/c1-26(2,3)33-25(31)29(21-23-12-7-15-27-20-23)17-9-16-28-24(30)13-8-18-32-19-14-22-10-5-4-6-11-22/h4-7,10-12,15,20H,8-9,13-14,16-19,21H2,1-3H3,(H,28,30). The lowest BCUT2D eigenvalue weighted by Gasteiger charge is -2.27. The summed E-state index contributed by atoms with van der Waals surface area (Å²) in [6.45, 7) is 8.15. The SMILES string of the molecule is CC(C)(C)OC(=O)N(CCCNC(=O)CCCOCCc1ccccc1)Cc1cccnc1. The summed E-state index contributed by atoms with van der Waals surface area (Å²) in [5.41, 5.74) is 1.61. The third-order valence-corrected chi connectivity index (χ3v) is 4.75. The molecule has 1 aromatic carbocycles. The summed E-state index contributed by atoms with van der Waals surface area (Å²) in [5.74, 6) is -0.00210. The van der Waals surface area contributed by atoms with Gasteiger partial charge in [-0.05, 0) is 57.2 Å². The minimum atomic E-state index is -0.568. The molecule has 0 aliphatic heterocycles. The molecule has 0 bridgehead atoms. The van der Waals surface area contributed by atoms with E-state index in [-0.39, 0.29) is 12.0 Å². The van der Waals surface area contributed by atoms with Gasteiger partial charge in [-0.1, -0.05) is 36.4 Å². The molecule has 0 unspecified atom stereocenters. The van der Waals surface area contributed by atoms with Crippen LogP contribution in [0.15, 0.2) is 54.9 Å². The summed E-state index contributed by atoms with van der Waals surface area (Å²) >= 11 is 0. The van der Waals surface area contributed by atoms with Crippen LogP contribution >= 0.6 is 0 Å². The van der Waals surface area contributed by atoms with Crippen molar-refractivity contribution in [3.63, 3.8) is 0 Å². The van der Waals surface area contributed by atoms with Gasteiger partial charge in [0.15, 0.2) is 0 Å². The minimum absolute atomic E-state index is 0.00210. The van der Waals surface area contributed by atoms with Crippen molar-refractivity contribution in [3.05, 3.63) is 66.0 Å². The molecule has 0 saturated heterocycles. The van der Waals surface area contributed by atoms with Crippen LogP contribution in [0.2, 0.25) is 0 Å². The Morgan fingerprint density at radius 2 is 1.76 bits per heavy atom. The maximum atomic E-state index is 12.6. The van der Waals surface area contributed by atoms with Gasteiger partial charge in [0.05, 0.1) is 13.2 Å². The normalized spacial score (nSPS) is 11.1. The van der Waals surface area contributed by atoms with Crippen LogP contribution in [0.3, 0.4) is 0 Å². The summed E-state index contributed by atoms with van der Waals surface area (Å²) in [6.07, 6.45) is 5.69. The van der Waals surface area contributed by atoms with Crippen molar-refractivity contribution in [1.29, 1.82) is 0 Å². The predicted octanol–water partition coefficient (Wildman–Crippen LogP) is 4.36. The fourth-order valence-electron chi connectivity index (χ4n) is 3.13. The highest BCUT2D eigenvalue weighted by atomic mass is 16.6. The Bertz CT molecular complexity index is 822. The lowest BCUT2D eigenvalue weighted by atomic mass is 10.2. The third-order valence-electron chi connectivity index (χ3n) is 4.75. The zero-order chi connectivity index (χ0) is 23.9. The van der Waals surface area contributed by atoms with Crippen molar-refractivity contribution in [1.82, 2.24) is 15.2 Å². The van der Waals surface area contributed by atoms with Crippen molar-refractivity contribution >= 4 is 12.0 Å². The second-order valence-electron chi connectivity index (χ2n) is 8.92. The maximum absolute atomic E-state index is 12.6. The highest BCUT2D eigenvalue weighted by molar-refractivity contribution is 5.75. The van der Waals surface area contributed by atoms with E-state index in [1.54, 1.807) is 17.3 Å². The molecular weight excluding hydrogens is 418 g/mol. The molecule has 0 spiro atoms. The zero-order valence-corrected chi connectivity index (χ0v) is 20.1. The zero-order valence-electron chi connectivity index (χ0n) is 20.1.